The molecule has 2 aliphatic heterocycles. The molecule has 1 aromatic rings. The Morgan fingerprint density at radius 1 is 1.35 bits per heavy atom. The minimum absolute atomic E-state index is 0.117. The van der Waals surface area contributed by atoms with Crippen LogP contribution in [0.5, 0.6) is 0 Å². The highest BCUT2D eigenvalue weighted by molar-refractivity contribution is 6.31. The van der Waals surface area contributed by atoms with E-state index < -0.39 is 5.79 Å². The van der Waals surface area contributed by atoms with Gasteiger partial charge in [-0.2, -0.15) is 0 Å². The largest absolute Gasteiger partial charge is 0.343 e. The van der Waals surface area contributed by atoms with E-state index in [1.54, 1.807) is 0 Å². The Kier molecular flexibility index (Phi) is 4.32. The van der Waals surface area contributed by atoms with Gasteiger partial charge in [0.05, 0.1) is 6.61 Å². The highest BCUT2D eigenvalue weighted by atomic mass is 35.5. The first kappa shape index (κ1) is 14.3. The molecule has 0 aromatic heterocycles. The van der Waals surface area contributed by atoms with E-state index >= 15 is 0 Å². The number of ether oxygens (including phenoxy) is 2. The monoisotopic (exact) mass is 295 g/mol. The third-order valence-electron chi connectivity index (χ3n) is 4.37. The fraction of sp³-hybridized carbons (Fsp3) is 0.625. The van der Waals surface area contributed by atoms with Gasteiger partial charge in [-0.25, -0.2) is 0 Å². The summed E-state index contributed by atoms with van der Waals surface area (Å²) in [6, 6.07) is 8.22. The van der Waals surface area contributed by atoms with E-state index in [9.17, 15) is 0 Å². The molecule has 110 valence electrons. The van der Waals surface area contributed by atoms with Gasteiger partial charge in [-0.05, 0) is 25.5 Å². The molecule has 0 unspecified atom stereocenters. The molecule has 1 N–H and O–H groups in total. The Labute approximate surface area is 125 Å². The predicted molar refractivity (Wildman–Crippen MR) is 79.9 cm³/mol. The molecule has 2 aliphatic rings. The summed E-state index contributed by atoms with van der Waals surface area (Å²) in [5.74, 6) is -0.678. The Balaban J connectivity index is 1.80. The molecule has 0 aliphatic carbocycles. The Morgan fingerprint density at radius 2 is 2.20 bits per heavy atom. The van der Waals surface area contributed by atoms with Crippen LogP contribution in [0.15, 0.2) is 24.3 Å². The van der Waals surface area contributed by atoms with Crippen LogP contribution in [0.4, 0.5) is 0 Å². The first-order valence-corrected chi connectivity index (χ1v) is 7.93. The molecule has 0 spiro atoms. The lowest BCUT2D eigenvalue weighted by molar-refractivity contribution is -0.182. The van der Waals surface area contributed by atoms with Crippen molar-refractivity contribution in [1.82, 2.24) is 5.32 Å². The number of benzene rings is 1. The molecule has 0 radical (unpaired) electrons. The Hall–Kier alpha value is -0.610. The second-order valence-electron chi connectivity index (χ2n) is 5.61. The molecular weight excluding hydrogens is 274 g/mol. The zero-order chi connectivity index (χ0) is 14.0. The Morgan fingerprint density at radius 3 is 2.90 bits per heavy atom. The molecule has 0 saturated carbocycles. The van der Waals surface area contributed by atoms with Crippen molar-refractivity contribution in [3.05, 3.63) is 34.9 Å². The minimum Gasteiger partial charge on any atom is -0.343 e. The second kappa shape index (κ2) is 6.02. The highest BCUT2D eigenvalue weighted by Crippen LogP contribution is 2.41. The zero-order valence-electron chi connectivity index (χ0n) is 11.9. The molecule has 1 aromatic carbocycles. The van der Waals surface area contributed by atoms with Crippen molar-refractivity contribution in [3.8, 4) is 0 Å². The van der Waals surface area contributed by atoms with Crippen LogP contribution in [0.1, 0.15) is 38.2 Å². The number of piperidine rings is 1. The number of nitrogens with one attached hydrogen (secondary N) is 1. The van der Waals surface area contributed by atoms with Crippen molar-refractivity contribution in [2.75, 3.05) is 13.2 Å². The summed E-state index contributed by atoms with van der Waals surface area (Å²) in [5.41, 5.74) is 0.947. The summed E-state index contributed by atoms with van der Waals surface area (Å²) in [5, 5.41) is 4.27. The van der Waals surface area contributed by atoms with Crippen molar-refractivity contribution in [2.24, 2.45) is 0 Å². The average molecular weight is 296 g/mol. The normalized spacial score (nSPS) is 34.3. The molecule has 4 heteroatoms. The molecular formula is C16H22ClNO2. The zero-order valence-corrected chi connectivity index (χ0v) is 12.7. The smallest absolute Gasteiger partial charge is 0.196 e. The van der Waals surface area contributed by atoms with Crippen molar-refractivity contribution in [1.29, 1.82) is 0 Å². The van der Waals surface area contributed by atoms with Gasteiger partial charge in [-0.1, -0.05) is 43.1 Å². The summed E-state index contributed by atoms with van der Waals surface area (Å²) in [6.07, 6.45) is 4.57. The van der Waals surface area contributed by atoms with Crippen molar-refractivity contribution < 1.29 is 9.47 Å². The number of rotatable bonds is 3. The summed E-state index contributed by atoms with van der Waals surface area (Å²) >= 11 is 6.33. The van der Waals surface area contributed by atoms with E-state index in [1.165, 1.54) is 12.8 Å². The van der Waals surface area contributed by atoms with Gasteiger partial charge in [0.25, 0.3) is 0 Å². The van der Waals surface area contributed by atoms with Crippen LogP contribution in [-0.2, 0) is 15.3 Å². The van der Waals surface area contributed by atoms with Gasteiger partial charge in [0.15, 0.2) is 5.79 Å². The van der Waals surface area contributed by atoms with Crippen LogP contribution in [-0.4, -0.2) is 25.3 Å². The van der Waals surface area contributed by atoms with Gasteiger partial charge >= 0.3 is 0 Å². The number of halogens is 1. The van der Waals surface area contributed by atoms with E-state index in [-0.39, 0.29) is 6.10 Å². The maximum atomic E-state index is 6.34. The molecule has 2 heterocycles. The molecule has 3 nitrogen and oxygen atoms in total. The van der Waals surface area contributed by atoms with Crippen LogP contribution >= 0.6 is 11.6 Å². The Bertz CT molecular complexity index is 462. The molecule has 0 bridgehead atoms. The summed E-state index contributed by atoms with van der Waals surface area (Å²) < 4.78 is 12.4. The standard InChI is InChI=1S/C16H22ClNO2/c1-2-16(12-7-3-4-8-13(12)17)19-11-15(20-16)14-9-5-6-10-18-14/h3-4,7-8,14-15,18H,2,5-6,9-11H2,1H3/t14-,15+,16-/m0/s1. The van der Waals surface area contributed by atoms with Crippen molar-refractivity contribution in [3.63, 3.8) is 0 Å². The molecule has 20 heavy (non-hydrogen) atoms. The van der Waals surface area contributed by atoms with E-state index in [1.807, 2.05) is 24.3 Å². The second-order valence-corrected chi connectivity index (χ2v) is 6.02. The maximum absolute atomic E-state index is 6.34. The van der Waals surface area contributed by atoms with Crippen LogP contribution in [0, 0.1) is 0 Å². The maximum Gasteiger partial charge on any atom is 0.196 e. The predicted octanol–water partition coefficient (Wildman–Crippen LogP) is 3.46. The van der Waals surface area contributed by atoms with Crippen LogP contribution in [0.2, 0.25) is 5.02 Å². The number of hydrogen-bond acceptors (Lipinski definition) is 3. The quantitative estimate of drug-likeness (QED) is 0.926. The van der Waals surface area contributed by atoms with Crippen LogP contribution < -0.4 is 5.32 Å². The van der Waals surface area contributed by atoms with Gasteiger partial charge in [-0.15, -0.1) is 0 Å². The lowest BCUT2D eigenvalue weighted by Gasteiger charge is -2.31. The van der Waals surface area contributed by atoms with Crippen LogP contribution in [0.25, 0.3) is 0 Å². The lowest BCUT2D eigenvalue weighted by Crippen LogP contribution is -2.45. The van der Waals surface area contributed by atoms with Gasteiger partial charge in [0.1, 0.15) is 6.10 Å². The van der Waals surface area contributed by atoms with Crippen LogP contribution in [0.3, 0.4) is 0 Å². The van der Waals surface area contributed by atoms with Gasteiger partial charge < -0.3 is 14.8 Å². The van der Waals surface area contributed by atoms with E-state index in [2.05, 4.69) is 12.2 Å². The van der Waals surface area contributed by atoms with E-state index in [0.717, 1.165) is 24.9 Å². The SMILES string of the molecule is CC[C@]1(c2ccccc2Cl)OC[C@H]([C@@H]2CCCCN2)O1. The summed E-state index contributed by atoms with van der Waals surface area (Å²) in [7, 11) is 0. The van der Waals surface area contributed by atoms with Gasteiger partial charge in [0.2, 0.25) is 0 Å². The molecule has 2 fully saturated rings. The third-order valence-corrected chi connectivity index (χ3v) is 4.70. The van der Waals surface area contributed by atoms with Crippen molar-refractivity contribution >= 4 is 11.6 Å². The molecule has 0 amide bonds. The third kappa shape index (κ3) is 2.60. The summed E-state index contributed by atoms with van der Waals surface area (Å²) in [4.78, 5) is 0. The van der Waals surface area contributed by atoms with E-state index in [4.69, 9.17) is 21.1 Å². The first-order chi connectivity index (χ1) is 9.75. The fourth-order valence-corrected chi connectivity index (χ4v) is 3.49. The van der Waals surface area contributed by atoms with Crippen molar-refractivity contribution in [2.45, 2.75) is 50.5 Å². The summed E-state index contributed by atoms with van der Waals surface area (Å²) in [6.45, 7) is 3.80. The highest BCUT2D eigenvalue weighted by Gasteiger charge is 2.45. The van der Waals surface area contributed by atoms with E-state index in [0.29, 0.717) is 17.7 Å². The molecule has 3 atom stereocenters. The lowest BCUT2D eigenvalue weighted by atomic mass is 10.00. The van der Waals surface area contributed by atoms with Gasteiger partial charge in [-0.3, -0.25) is 0 Å². The fourth-order valence-electron chi connectivity index (χ4n) is 3.21. The molecule has 2 saturated heterocycles. The average Bonchev–Trinajstić information content (AvgIpc) is 2.94. The number of hydrogen-bond donors (Lipinski definition) is 1. The van der Waals surface area contributed by atoms with Gasteiger partial charge in [0, 0.05) is 23.0 Å². The molecule has 3 rings (SSSR count). The first-order valence-electron chi connectivity index (χ1n) is 7.55. The topological polar surface area (TPSA) is 30.5 Å². The minimum atomic E-state index is -0.678.